The SMILES string of the molecule is CC12CCCC1c1cc(-c3cc(-c4ccc5c(c4)C4CCCC4(C)N5c4ccccc4)c4ccc5c(-c6ccc7c(c6)C6CCCC6(C)N7c6ccccc6)cc(-c6ccc7c(c6)C6CCCC6(C)N7c6ccccc6)c6ccc3c4c65)ccc1N2c1ccccc1. The molecule has 450 valence electrons. The smallest absolute Gasteiger partial charge is 0.0492 e. The predicted molar refractivity (Wildman–Crippen MR) is 386 cm³/mol. The lowest BCUT2D eigenvalue weighted by molar-refractivity contribution is 0.451. The molecule has 12 aromatic rings. The molecule has 4 nitrogen and oxygen atoms in total. The van der Waals surface area contributed by atoms with Crippen molar-refractivity contribution in [3.8, 4) is 44.5 Å². The van der Waals surface area contributed by atoms with Gasteiger partial charge in [-0.2, -0.15) is 0 Å². The molecule has 92 heavy (non-hydrogen) atoms. The molecule has 4 aliphatic heterocycles. The van der Waals surface area contributed by atoms with E-state index in [1.54, 1.807) is 0 Å². The van der Waals surface area contributed by atoms with Crippen LogP contribution in [0.5, 0.6) is 0 Å². The van der Waals surface area contributed by atoms with E-state index in [0.717, 1.165) is 0 Å². The molecule has 8 aliphatic rings. The maximum absolute atomic E-state index is 2.71. The monoisotopic (exact) mass is 1190 g/mol. The van der Waals surface area contributed by atoms with Gasteiger partial charge in [0.1, 0.15) is 0 Å². The summed E-state index contributed by atoms with van der Waals surface area (Å²) in [5.74, 6) is 1.82. The lowest BCUT2D eigenvalue weighted by Gasteiger charge is -2.37. The highest BCUT2D eigenvalue weighted by Crippen LogP contribution is 2.65. The Morgan fingerprint density at radius 1 is 0.261 bits per heavy atom. The van der Waals surface area contributed by atoms with Crippen LogP contribution in [-0.2, 0) is 0 Å². The Balaban J connectivity index is 0.853. The van der Waals surface area contributed by atoms with Crippen LogP contribution in [0.4, 0.5) is 45.5 Å². The quantitative estimate of drug-likeness (QED) is 0.141. The molecule has 0 amide bonds. The number of anilines is 8. The van der Waals surface area contributed by atoms with E-state index in [9.17, 15) is 0 Å². The number of hydrogen-bond donors (Lipinski definition) is 0. The van der Waals surface area contributed by atoms with Crippen molar-refractivity contribution in [2.45, 2.75) is 151 Å². The van der Waals surface area contributed by atoms with Crippen LogP contribution in [0.25, 0.3) is 76.8 Å². The molecule has 0 bridgehead atoms. The molecule has 4 fully saturated rings. The first-order valence-electron chi connectivity index (χ1n) is 34.9. The van der Waals surface area contributed by atoms with Crippen molar-refractivity contribution in [2.24, 2.45) is 0 Å². The molecule has 4 saturated carbocycles. The van der Waals surface area contributed by atoms with Crippen LogP contribution in [0.2, 0.25) is 0 Å². The molecule has 4 heteroatoms. The standard InChI is InChI=1S/C88H78N4/c1-85-45-17-29-75(85)71-49-55(33-41-79(71)89(85)59-21-9-5-10-22-59)67-53-68(56-34-42-80-72(50-56)76-30-18-46-86(76,2)90(80)60-23-11-6-12-24-60)64-39-40-66-70(58-36-44-82-74(52-58)78-32-20-48-88(78,4)92(82)62-27-15-8-16-28-62)54-69(65-38-37-63(67)83(64)84(65)66)57-35-43-81-73(51-57)77-31-19-47-87(77,3)91(81)61-25-13-7-14-26-61/h5-16,21-28,33-44,49-54,75-78H,17-20,29-32,45-48H2,1-4H3. The Morgan fingerprint density at radius 2 is 0.489 bits per heavy atom. The normalized spacial score (nSPS) is 26.3. The Kier molecular flexibility index (Phi) is 11.2. The molecule has 8 unspecified atom stereocenters. The van der Waals surface area contributed by atoms with Crippen molar-refractivity contribution in [3.63, 3.8) is 0 Å². The van der Waals surface area contributed by atoms with Gasteiger partial charge < -0.3 is 19.6 Å². The Bertz CT molecular complexity index is 4400. The van der Waals surface area contributed by atoms with Crippen LogP contribution in [-0.4, -0.2) is 22.2 Å². The molecular weight excluding hydrogens is 1110 g/mol. The van der Waals surface area contributed by atoms with Crippen molar-refractivity contribution in [2.75, 3.05) is 19.6 Å². The maximum Gasteiger partial charge on any atom is 0.0492 e. The van der Waals surface area contributed by atoms with Crippen molar-refractivity contribution in [3.05, 3.63) is 253 Å². The predicted octanol–water partition coefficient (Wildman–Crippen LogP) is 24.0. The number of para-hydroxylation sites is 4. The molecule has 12 aromatic carbocycles. The fraction of sp³-hybridized carbons (Fsp3) is 0.273. The molecule has 0 aromatic heterocycles. The van der Waals surface area contributed by atoms with Crippen LogP contribution in [0.1, 0.15) is 151 Å². The van der Waals surface area contributed by atoms with Crippen LogP contribution < -0.4 is 19.6 Å². The van der Waals surface area contributed by atoms with E-state index in [1.807, 2.05) is 0 Å². The average molecular weight is 1190 g/mol. The first-order chi connectivity index (χ1) is 45.1. The second-order valence-corrected chi connectivity index (χ2v) is 30.0. The van der Waals surface area contributed by atoms with Gasteiger partial charge in [0.25, 0.3) is 0 Å². The second-order valence-electron chi connectivity index (χ2n) is 30.0. The van der Waals surface area contributed by atoms with Crippen molar-refractivity contribution < 1.29 is 0 Å². The highest BCUT2D eigenvalue weighted by molar-refractivity contribution is 6.32. The molecule has 0 spiro atoms. The first kappa shape index (κ1) is 53.5. The number of hydrogen-bond acceptors (Lipinski definition) is 4. The van der Waals surface area contributed by atoms with Gasteiger partial charge in [-0.1, -0.05) is 147 Å². The zero-order valence-electron chi connectivity index (χ0n) is 53.5. The zero-order chi connectivity index (χ0) is 61.0. The fourth-order valence-corrected chi connectivity index (χ4v) is 21.5. The summed E-state index contributed by atoms with van der Waals surface area (Å²) < 4.78 is 0. The third kappa shape index (κ3) is 7.14. The van der Waals surface area contributed by atoms with Crippen LogP contribution in [0.3, 0.4) is 0 Å². The van der Waals surface area contributed by atoms with E-state index in [4.69, 9.17) is 0 Å². The summed E-state index contributed by atoms with van der Waals surface area (Å²) >= 11 is 0. The molecule has 0 saturated heterocycles. The first-order valence-corrected chi connectivity index (χ1v) is 34.9. The Labute approximate surface area is 542 Å². The van der Waals surface area contributed by atoms with E-state index in [0.29, 0.717) is 23.7 Å². The molecule has 4 heterocycles. The van der Waals surface area contributed by atoms with Gasteiger partial charge in [-0.3, -0.25) is 0 Å². The van der Waals surface area contributed by atoms with Crippen molar-refractivity contribution in [1.29, 1.82) is 0 Å². The highest BCUT2D eigenvalue weighted by Gasteiger charge is 2.55. The molecule has 4 aliphatic carbocycles. The van der Waals surface area contributed by atoms with Crippen molar-refractivity contribution >= 4 is 77.8 Å². The van der Waals surface area contributed by atoms with E-state index in [-0.39, 0.29) is 22.2 Å². The minimum atomic E-state index is 0.0251. The summed E-state index contributed by atoms with van der Waals surface area (Å²) in [6.07, 6.45) is 14.6. The van der Waals surface area contributed by atoms with E-state index >= 15 is 0 Å². The van der Waals surface area contributed by atoms with Gasteiger partial charge in [0.05, 0.1) is 0 Å². The topological polar surface area (TPSA) is 13.0 Å². The second kappa shape index (κ2) is 19.2. The van der Waals surface area contributed by atoms with Crippen LogP contribution in [0, 0.1) is 0 Å². The number of rotatable bonds is 8. The van der Waals surface area contributed by atoms with Gasteiger partial charge in [0.15, 0.2) is 0 Å². The Hall–Kier alpha value is -9.12. The zero-order valence-corrected chi connectivity index (χ0v) is 53.5. The van der Waals surface area contributed by atoms with Gasteiger partial charge in [0, 0.05) is 91.3 Å². The Morgan fingerprint density at radius 3 is 0.717 bits per heavy atom. The number of nitrogens with zero attached hydrogens (tertiary/aromatic N) is 4. The summed E-state index contributed by atoms with van der Waals surface area (Å²) in [6.45, 7) is 10.2. The summed E-state index contributed by atoms with van der Waals surface area (Å²) in [5, 5.41) is 8.09. The molecular formula is C88H78N4. The largest absolute Gasteiger partial charge is 0.335 e. The van der Waals surface area contributed by atoms with Gasteiger partial charge in [-0.25, -0.2) is 0 Å². The summed E-state index contributed by atoms with van der Waals surface area (Å²) in [4.78, 5) is 10.8. The van der Waals surface area contributed by atoms with Gasteiger partial charge in [0.2, 0.25) is 0 Å². The molecule has 20 rings (SSSR count). The molecule has 0 radical (unpaired) electrons. The lowest BCUT2D eigenvalue weighted by atomic mass is 9.80. The minimum absolute atomic E-state index is 0.0251. The third-order valence-corrected chi connectivity index (χ3v) is 25.5. The van der Waals surface area contributed by atoms with Gasteiger partial charge >= 0.3 is 0 Å². The highest BCUT2D eigenvalue weighted by atomic mass is 15.3. The summed E-state index contributed by atoms with van der Waals surface area (Å²) in [7, 11) is 0. The van der Waals surface area contributed by atoms with Gasteiger partial charge in [-0.05, 0) is 287 Å². The third-order valence-electron chi connectivity index (χ3n) is 25.5. The number of fused-ring (bicyclic) bond motifs is 12. The molecule has 0 N–H and O–H groups in total. The summed E-state index contributed by atoms with van der Waals surface area (Å²) in [6, 6.07) is 90.8. The van der Waals surface area contributed by atoms with E-state index < -0.39 is 0 Å². The average Bonchev–Trinajstić information content (AvgIpc) is 0.839. The maximum atomic E-state index is 2.71. The fourth-order valence-electron chi connectivity index (χ4n) is 21.5. The van der Waals surface area contributed by atoms with E-state index in [1.165, 1.54) is 222 Å². The minimum Gasteiger partial charge on any atom is -0.335 e. The molecule has 8 atom stereocenters. The van der Waals surface area contributed by atoms with Crippen LogP contribution >= 0.6 is 0 Å². The van der Waals surface area contributed by atoms with E-state index in [2.05, 4.69) is 278 Å². The number of benzene rings is 12. The summed E-state index contributed by atoms with van der Waals surface area (Å²) in [5.41, 5.74) is 27.4. The lowest BCUT2D eigenvalue weighted by Crippen LogP contribution is -2.40. The van der Waals surface area contributed by atoms with Crippen molar-refractivity contribution in [1.82, 2.24) is 0 Å². The van der Waals surface area contributed by atoms with Gasteiger partial charge in [-0.15, -0.1) is 0 Å². The van der Waals surface area contributed by atoms with Crippen LogP contribution in [0.15, 0.2) is 231 Å².